The number of aromatic hydroxyl groups is 1. The van der Waals surface area contributed by atoms with E-state index in [0.717, 1.165) is 0 Å². The molecule has 0 amide bonds. The number of phenolic OH excluding ortho intramolecular Hbond substituents is 1. The number of anilines is 1. The zero-order valence-corrected chi connectivity index (χ0v) is 20.5. The number of rotatable bonds is 7. The Morgan fingerprint density at radius 2 is 1.88 bits per heavy atom. The van der Waals surface area contributed by atoms with Crippen molar-refractivity contribution in [2.75, 3.05) is 18.9 Å². The van der Waals surface area contributed by atoms with E-state index in [4.69, 9.17) is 9.47 Å². The summed E-state index contributed by atoms with van der Waals surface area (Å²) in [5.41, 5.74) is 5.05. The van der Waals surface area contributed by atoms with Gasteiger partial charge in [0.2, 0.25) is 21.9 Å². The molecule has 2 aromatic rings. The molecule has 0 radical (unpaired) electrons. The molecule has 2 atom stereocenters. The van der Waals surface area contributed by atoms with E-state index in [1.165, 1.54) is 37.9 Å². The first-order valence-corrected chi connectivity index (χ1v) is 11.8. The Kier molecular flexibility index (Phi) is 6.90. The number of sulfonamides is 1. The first kappa shape index (κ1) is 25.1. The van der Waals surface area contributed by atoms with Gasteiger partial charge in [-0.3, -0.25) is 9.29 Å². The van der Waals surface area contributed by atoms with E-state index >= 15 is 0 Å². The van der Waals surface area contributed by atoms with Crippen LogP contribution in [-0.2, 0) is 14.8 Å². The second-order valence-electron chi connectivity index (χ2n) is 8.59. The summed E-state index contributed by atoms with van der Waals surface area (Å²) >= 11 is 0. The number of hydrogen-bond donors (Lipinski definition) is 3. The van der Waals surface area contributed by atoms with Crippen LogP contribution in [0.5, 0.6) is 11.5 Å². The molecule has 0 aliphatic carbocycles. The number of phenols is 1. The maximum absolute atomic E-state index is 13.2. The number of aliphatic hydroxyl groups is 1. The fourth-order valence-electron chi connectivity index (χ4n) is 3.26. The molecule has 2 heterocycles. The van der Waals surface area contributed by atoms with E-state index < -0.39 is 26.8 Å². The molecule has 1 aromatic carbocycles. The molecule has 3 rings (SSSR count). The van der Waals surface area contributed by atoms with Crippen molar-refractivity contribution in [2.45, 2.75) is 39.0 Å². The van der Waals surface area contributed by atoms with Crippen LogP contribution in [0.1, 0.15) is 33.5 Å². The summed E-state index contributed by atoms with van der Waals surface area (Å²) in [6, 6.07) is 4.55. The Hall–Kier alpha value is -3.56. The van der Waals surface area contributed by atoms with Gasteiger partial charge in [-0.05, 0) is 30.2 Å². The van der Waals surface area contributed by atoms with Gasteiger partial charge in [0, 0.05) is 0 Å². The smallest absolute Gasteiger partial charge is 0.243 e. The fraction of sp³-hybridized carbons (Fsp3) is 0.409. The summed E-state index contributed by atoms with van der Waals surface area (Å²) in [6.07, 6.45) is 0.285. The molecule has 0 unspecified atom stereocenters. The van der Waals surface area contributed by atoms with E-state index in [1.807, 2.05) is 0 Å². The molecule has 0 spiro atoms. The highest BCUT2D eigenvalue weighted by molar-refractivity contribution is 7.93. The van der Waals surface area contributed by atoms with Crippen LogP contribution in [0.4, 0.5) is 5.95 Å². The van der Waals surface area contributed by atoms with Gasteiger partial charge >= 0.3 is 0 Å². The minimum atomic E-state index is -4.15. The Morgan fingerprint density at radius 3 is 2.50 bits per heavy atom. The minimum absolute atomic E-state index is 0.0386. The van der Waals surface area contributed by atoms with Gasteiger partial charge in [-0.1, -0.05) is 32.6 Å². The van der Waals surface area contributed by atoms with Crippen molar-refractivity contribution in [3.05, 3.63) is 41.6 Å². The Morgan fingerprint density at radius 1 is 1.18 bits per heavy atom. The molecule has 1 aliphatic rings. The molecule has 182 valence electrons. The predicted molar refractivity (Wildman–Crippen MR) is 126 cm³/mol. The number of nitrogens with one attached hydrogen (secondary N) is 1. The van der Waals surface area contributed by atoms with Crippen molar-refractivity contribution in [2.24, 2.45) is 10.4 Å². The quantitative estimate of drug-likeness (QED) is 0.502. The van der Waals surface area contributed by atoms with Gasteiger partial charge in [-0.25, -0.2) is 13.4 Å². The number of hydrogen-bond acceptors (Lipinski definition) is 9. The van der Waals surface area contributed by atoms with Gasteiger partial charge in [-0.2, -0.15) is 0 Å². The van der Waals surface area contributed by atoms with Crippen LogP contribution in [0.2, 0.25) is 0 Å². The largest absolute Gasteiger partial charge is 0.506 e. The lowest BCUT2D eigenvalue weighted by Gasteiger charge is -2.30. The van der Waals surface area contributed by atoms with Crippen LogP contribution in [0.15, 0.2) is 40.7 Å². The van der Waals surface area contributed by atoms with E-state index in [0.29, 0.717) is 0 Å². The molecule has 0 saturated heterocycles. The van der Waals surface area contributed by atoms with Crippen LogP contribution in [-0.4, -0.2) is 64.9 Å². The standard InChI is InChI=1S/C22H27N5O6S/c1-13(19(29)22(2,3)4)34(30,31)26-21-25-24-20(14-9-7-12-17(23-14)33-6)27(21)18-15(28)10-8-11-16(18)32-5/h8,10-13,19,28-29H,1-6H3,(H,25,26)/t13-,19-/m1/s1. The zero-order valence-electron chi connectivity index (χ0n) is 19.7. The van der Waals surface area contributed by atoms with E-state index in [2.05, 4.69) is 31.4 Å². The van der Waals surface area contributed by atoms with E-state index in [-0.39, 0.29) is 40.6 Å². The van der Waals surface area contributed by atoms with Gasteiger partial charge in [0.25, 0.3) is 0 Å². The monoisotopic (exact) mass is 489 g/mol. The van der Waals surface area contributed by atoms with Crippen LogP contribution >= 0.6 is 0 Å². The average molecular weight is 490 g/mol. The lowest BCUT2D eigenvalue weighted by Crippen LogP contribution is -2.43. The molecular weight excluding hydrogens is 462 g/mol. The van der Waals surface area contributed by atoms with E-state index in [1.54, 1.807) is 32.9 Å². The summed E-state index contributed by atoms with van der Waals surface area (Å²) in [4.78, 5) is 4.27. The van der Waals surface area contributed by atoms with Gasteiger partial charge < -0.3 is 19.7 Å². The number of ether oxygens (including phenoxy) is 2. The summed E-state index contributed by atoms with van der Waals surface area (Å²) in [5.74, 6) is 0.000648. The van der Waals surface area contributed by atoms with Gasteiger partial charge in [0.05, 0.1) is 26.4 Å². The maximum atomic E-state index is 13.2. The lowest BCUT2D eigenvalue weighted by molar-refractivity contribution is 0.0627. The maximum Gasteiger partial charge on any atom is 0.243 e. The highest BCUT2D eigenvalue weighted by Crippen LogP contribution is 2.36. The number of nitrogens with zero attached hydrogens (tertiary/aromatic N) is 4. The molecule has 34 heavy (non-hydrogen) atoms. The van der Waals surface area contributed by atoms with Gasteiger partial charge in [0.1, 0.15) is 22.4 Å². The Labute approximate surface area is 197 Å². The molecule has 11 nitrogen and oxygen atoms in total. The van der Waals surface area contributed by atoms with Crippen LogP contribution < -0.4 is 9.46 Å². The fourth-order valence-corrected chi connectivity index (χ4v) is 4.58. The summed E-state index contributed by atoms with van der Waals surface area (Å²) in [6.45, 7) is 6.60. The first-order chi connectivity index (χ1) is 15.9. The number of para-hydroxylation sites is 1. The summed E-state index contributed by atoms with van der Waals surface area (Å²) < 4.78 is 40.5. The third kappa shape index (κ3) is 4.85. The number of aromatic nitrogens is 3. The van der Waals surface area contributed by atoms with Crippen molar-refractivity contribution in [3.63, 3.8) is 0 Å². The normalized spacial score (nSPS) is 15.4. The second kappa shape index (κ2) is 9.36. The zero-order chi connectivity index (χ0) is 25.3. The molecule has 0 fully saturated rings. The topological polar surface area (TPSA) is 148 Å². The SMILES string of the molecule is COC1=NC(c2nnc(NS(=O)(=O)[C@H](C)[C@@H](O)C(C)(C)C)n2-c2c(O)cccc2OC)=C=C=C1. The minimum Gasteiger partial charge on any atom is -0.506 e. The van der Waals surface area contributed by atoms with Crippen LogP contribution in [0, 0.1) is 5.41 Å². The van der Waals surface area contributed by atoms with Crippen LogP contribution in [0.25, 0.3) is 11.4 Å². The van der Waals surface area contributed by atoms with Crippen LogP contribution in [0.3, 0.4) is 0 Å². The summed E-state index contributed by atoms with van der Waals surface area (Å²) in [7, 11) is -1.32. The molecular formula is C22H27N5O6S. The number of benzene rings is 1. The van der Waals surface area contributed by atoms with Crippen molar-refractivity contribution >= 4 is 27.6 Å². The number of methoxy groups -OCH3 is 2. The van der Waals surface area contributed by atoms with E-state index in [9.17, 15) is 18.6 Å². The Bertz CT molecular complexity index is 1330. The molecule has 0 saturated carbocycles. The van der Waals surface area contributed by atoms with Crippen molar-refractivity contribution < 1.29 is 28.1 Å². The predicted octanol–water partition coefficient (Wildman–Crippen LogP) is 2.23. The first-order valence-electron chi connectivity index (χ1n) is 10.3. The van der Waals surface area contributed by atoms with Gasteiger partial charge in [0.15, 0.2) is 11.5 Å². The average Bonchev–Trinajstić information content (AvgIpc) is 3.19. The third-order valence-corrected chi connectivity index (χ3v) is 6.87. The number of aliphatic imine (C=N–C) groups is 1. The number of aliphatic hydroxyl groups excluding tert-OH is 1. The molecule has 1 aromatic heterocycles. The second-order valence-corrected chi connectivity index (χ2v) is 10.6. The lowest BCUT2D eigenvalue weighted by atomic mass is 9.87. The van der Waals surface area contributed by atoms with Crippen molar-refractivity contribution in [1.82, 2.24) is 14.8 Å². The van der Waals surface area contributed by atoms with Crippen molar-refractivity contribution in [1.29, 1.82) is 0 Å². The molecule has 1 aliphatic heterocycles. The highest BCUT2D eigenvalue weighted by Gasteiger charge is 2.37. The third-order valence-electron chi connectivity index (χ3n) is 5.17. The molecule has 3 N–H and O–H groups in total. The Balaban J connectivity index is 2.21. The van der Waals surface area contributed by atoms with Gasteiger partial charge in [-0.15, -0.1) is 10.2 Å². The highest BCUT2D eigenvalue weighted by atomic mass is 32.2. The van der Waals surface area contributed by atoms with Crippen molar-refractivity contribution in [3.8, 4) is 17.2 Å². The molecule has 0 bridgehead atoms. The summed E-state index contributed by atoms with van der Waals surface area (Å²) in [5, 5.41) is 28.1. The molecule has 12 heteroatoms.